The fourth-order valence-electron chi connectivity index (χ4n) is 1.29. The minimum atomic E-state index is -0.900. The monoisotopic (exact) mass is 223 g/mol. The van der Waals surface area contributed by atoms with Gasteiger partial charge in [0.05, 0.1) is 19.1 Å². The van der Waals surface area contributed by atoms with Crippen molar-refractivity contribution in [2.24, 2.45) is 5.73 Å². The van der Waals surface area contributed by atoms with Crippen LogP contribution in [0.4, 0.5) is 0 Å². The molecule has 0 saturated heterocycles. The number of hydrogen-bond donors (Lipinski definition) is 2. The number of carboxylic acids is 1. The Balaban J connectivity index is 2.35. The van der Waals surface area contributed by atoms with E-state index < -0.39 is 12.0 Å². The van der Waals surface area contributed by atoms with Gasteiger partial charge in [0.1, 0.15) is 0 Å². The fourth-order valence-corrected chi connectivity index (χ4v) is 1.29. The van der Waals surface area contributed by atoms with Crippen molar-refractivity contribution in [3.05, 3.63) is 35.9 Å². The molecule has 4 heteroatoms. The SMILES string of the molecule is C[C@H](OCc1ccccc1)[C@@H](N)CC(=O)O. The van der Waals surface area contributed by atoms with Gasteiger partial charge in [-0.2, -0.15) is 0 Å². The molecule has 2 atom stereocenters. The predicted octanol–water partition coefficient (Wildman–Crippen LogP) is 1.39. The van der Waals surface area contributed by atoms with Crippen LogP contribution in [0.15, 0.2) is 30.3 Å². The molecule has 3 N–H and O–H groups in total. The van der Waals surface area contributed by atoms with Crippen molar-refractivity contribution < 1.29 is 14.6 Å². The maximum absolute atomic E-state index is 10.5. The number of hydrogen-bond acceptors (Lipinski definition) is 3. The highest BCUT2D eigenvalue weighted by atomic mass is 16.5. The van der Waals surface area contributed by atoms with Crippen LogP contribution >= 0.6 is 0 Å². The maximum atomic E-state index is 10.5. The standard InChI is InChI=1S/C12H17NO3/c1-9(11(13)7-12(14)15)16-8-10-5-3-2-4-6-10/h2-6,9,11H,7-8,13H2,1H3,(H,14,15)/t9-,11-/m0/s1. The van der Waals surface area contributed by atoms with E-state index in [0.717, 1.165) is 5.56 Å². The van der Waals surface area contributed by atoms with Crippen LogP contribution in [0.1, 0.15) is 18.9 Å². The number of ether oxygens (including phenoxy) is 1. The zero-order chi connectivity index (χ0) is 12.0. The lowest BCUT2D eigenvalue weighted by Gasteiger charge is -2.18. The van der Waals surface area contributed by atoms with Crippen molar-refractivity contribution in [1.82, 2.24) is 0 Å². The Morgan fingerprint density at radius 3 is 2.62 bits per heavy atom. The molecule has 0 spiro atoms. The summed E-state index contributed by atoms with van der Waals surface area (Å²) in [6, 6.07) is 9.23. The van der Waals surface area contributed by atoms with Gasteiger partial charge in [-0.1, -0.05) is 30.3 Å². The fraction of sp³-hybridized carbons (Fsp3) is 0.417. The van der Waals surface area contributed by atoms with Gasteiger partial charge in [0.15, 0.2) is 0 Å². The maximum Gasteiger partial charge on any atom is 0.305 e. The van der Waals surface area contributed by atoms with E-state index in [1.54, 1.807) is 6.92 Å². The molecule has 0 radical (unpaired) electrons. The van der Waals surface area contributed by atoms with Gasteiger partial charge in [0, 0.05) is 6.04 Å². The van der Waals surface area contributed by atoms with Crippen molar-refractivity contribution in [1.29, 1.82) is 0 Å². The summed E-state index contributed by atoms with van der Waals surface area (Å²) in [7, 11) is 0. The molecule has 0 aliphatic carbocycles. The van der Waals surface area contributed by atoms with Crippen LogP contribution in [-0.4, -0.2) is 23.2 Å². The van der Waals surface area contributed by atoms with Gasteiger partial charge in [-0.15, -0.1) is 0 Å². The van der Waals surface area contributed by atoms with E-state index in [2.05, 4.69) is 0 Å². The van der Waals surface area contributed by atoms with Crippen molar-refractivity contribution >= 4 is 5.97 Å². The van der Waals surface area contributed by atoms with Crippen LogP contribution in [0.25, 0.3) is 0 Å². The molecule has 0 aromatic heterocycles. The van der Waals surface area contributed by atoms with Gasteiger partial charge in [0.25, 0.3) is 0 Å². The highest BCUT2D eigenvalue weighted by Gasteiger charge is 2.16. The summed E-state index contributed by atoms with van der Waals surface area (Å²) in [6.07, 6.45) is -0.341. The third-order valence-electron chi connectivity index (χ3n) is 2.37. The Morgan fingerprint density at radius 1 is 1.44 bits per heavy atom. The third-order valence-corrected chi connectivity index (χ3v) is 2.37. The molecule has 0 saturated carbocycles. The van der Waals surface area contributed by atoms with Crippen LogP contribution < -0.4 is 5.73 Å². The van der Waals surface area contributed by atoms with Crippen molar-refractivity contribution in [3.8, 4) is 0 Å². The van der Waals surface area contributed by atoms with E-state index in [4.69, 9.17) is 15.6 Å². The Labute approximate surface area is 95.0 Å². The molecular weight excluding hydrogens is 206 g/mol. The van der Waals surface area contributed by atoms with Crippen LogP contribution in [0.2, 0.25) is 0 Å². The molecule has 1 aromatic rings. The molecule has 0 amide bonds. The normalized spacial score (nSPS) is 14.4. The molecule has 1 aromatic carbocycles. The summed E-state index contributed by atoms with van der Waals surface area (Å²) in [6.45, 7) is 2.24. The average molecular weight is 223 g/mol. The molecule has 1 rings (SSSR count). The molecule has 0 fully saturated rings. The van der Waals surface area contributed by atoms with Gasteiger partial charge in [-0.25, -0.2) is 0 Å². The number of rotatable bonds is 6. The number of aliphatic carboxylic acids is 1. The second-order valence-corrected chi connectivity index (χ2v) is 3.76. The summed E-state index contributed by atoms with van der Waals surface area (Å²) in [4.78, 5) is 10.5. The van der Waals surface area contributed by atoms with E-state index in [0.29, 0.717) is 6.61 Å². The Morgan fingerprint density at radius 2 is 2.06 bits per heavy atom. The van der Waals surface area contributed by atoms with Gasteiger partial charge < -0.3 is 15.6 Å². The molecule has 0 heterocycles. The summed E-state index contributed by atoms with van der Waals surface area (Å²) >= 11 is 0. The molecule has 4 nitrogen and oxygen atoms in total. The van der Waals surface area contributed by atoms with E-state index in [1.165, 1.54) is 0 Å². The minimum absolute atomic E-state index is 0.0735. The van der Waals surface area contributed by atoms with Crippen LogP contribution in [0.3, 0.4) is 0 Å². The largest absolute Gasteiger partial charge is 0.481 e. The topological polar surface area (TPSA) is 72.5 Å². The van der Waals surface area contributed by atoms with Gasteiger partial charge >= 0.3 is 5.97 Å². The summed E-state index contributed by atoms with van der Waals surface area (Å²) in [5, 5.41) is 8.58. The predicted molar refractivity (Wildman–Crippen MR) is 60.9 cm³/mol. The summed E-state index contributed by atoms with van der Waals surface area (Å²) in [5.41, 5.74) is 6.73. The number of benzene rings is 1. The lowest BCUT2D eigenvalue weighted by atomic mass is 10.1. The second-order valence-electron chi connectivity index (χ2n) is 3.76. The van der Waals surface area contributed by atoms with Crippen molar-refractivity contribution in [2.45, 2.75) is 32.1 Å². The first kappa shape index (κ1) is 12.7. The molecule has 88 valence electrons. The Bertz CT molecular complexity index is 326. The van der Waals surface area contributed by atoms with E-state index >= 15 is 0 Å². The average Bonchev–Trinajstić information content (AvgIpc) is 2.26. The van der Waals surface area contributed by atoms with Gasteiger partial charge in [0.2, 0.25) is 0 Å². The molecule has 16 heavy (non-hydrogen) atoms. The van der Waals surface area contributed by atoms with Crippen LogP contribution in [0, 0.1) is 0 Å². The van der Waals surface area contributed by atoms with E-state index in [1.807, 2.05) is 30.3 Å². The van der Waals surface area contributed by atoms with Crippen molar-refractivity contribution in [3.63, 3.8) is 0 Å². The lowest BCUT2D eigenvalue weighted by Crippen LogP contribution is -2.36. The molecule has 0 bridgehead atoms. The highest BCUT2D eigenvalue weighted by molar-refractivity contribution is 5.67. The number of carbonyl (C=O) groups is 1. The second kappa shape index (κ2) is 6.25. The molecular formula is C12H17NO3. The first-order valence-corrected chi connectivity index (χ1v) is 5.22. The zero-order valence-electron chi connectivity index (χ0n) is 9.30. The summed E-state index contributed by atoms with van der Waals surface area (Å²) in [5.74, 6) is -0.900. The first-order chi connectivity index (χ1) is 7.59. The van der Waals surface area contributed by atoms with Gasteiger partial charge in [-0.3, -0.25) is 4.79 Å². The van der Waals surface area contributed by atoms with Crippen LogP contribution in [-0.2, 0) is 16.1 Å². The van der Waals surface area contributed by atoms with E-state index in [-0.39, 0.29) is 12.5 Å². The lowest BCUT2D eigenvalue weighted by molar-refractivity contribution is -0.138. The van der Waals surface area contributed by atoms with Crippen LogP contribution in [0.5, 0.6) is 0 Å². The Hall–Kier alpha value is -1.39. The molecule has 0 unspecified atom stereocenters. The third kappa shape index (κ3) is 4.42. The zero-order valence-corrected chi connectivity index (χ0v) is 9.30. The van der Waals surface area contributed by atoms with Crippen molar-refractivity contribution in [2.75, 3.05) is 0 Å². The number of nitrogens with two attached hydrogens (primary N) is 1. The Kier molecular flexibility index (Phi) is 4.95. The summed E-state index contributed by atoms with van der Waals surface area (Å²) < 4.78 is 5.50. The highest BCUT2D eigenvalue weighted by Crippen LogP contribution is 2.06. The number of carboxylic acid groups (broad SMARTS) is 1. The molecule has 0 aliphatic heterocycles. The quantitative estimate of drug-likeness (QED) is 0.764. The smallest absolute Gasteiger partial charge is 0.305 e. The van der Waals surface area contributed by atoms with Gasteiger partial charge in [-0.05, 0) is 12.5 Å². The minimum Gasteiger partial charge on any atom is -0.481 e. The first-order valence-electron chi connectivity index (χ1n) is 5.22. The van der Waals surface area contributed by atoms with E-state index in [9.17, 15) is 4.79 Å². The molecule has 0 aliphatic rings.